The van der Waals surface area contributed by atoms with Crippen LogP contribution >= 0.6 is 11.8 Å². The van der Waals surface area contributed by atoms with Gasteiger partial charge in [-0.05, 0) is 39.3 Å². The Bertz CT molecular complexity index is 417. The third-order valence-corrected chi connectivity index (χ3v) is 6.17. The lowest BCUT2D eigenvalue weighted by atomic mass is 9.85. The van der Waals surface area contributed by atoms with Gasteiger partial charge in [0.1, 0.15) is 11.6 Å². The maximum absolute atomic E-state index is 12.9. The first-order chi connectivity index (χ1) is 9.10. The van der Waals surface area contributed by atoms with Crippen LogP contribution in [0.15, 0.2) is 0 Å². The van der Waals surface area contributed by atoms with Gasteiger partial charge in [-0.15, -0.1) is 11.8 Å². The van der Waals surface area contributed by atoms with Crippen molar-refractivity contribution in [3.05, 3.63) is 0 Å². The highest BCUT2D eigenvalue weighted by Gasteiger charge is 2.56. The molecule has 3 fully saturated rings. The summed E-state index contributed by atoms with van der Waals surface area (Å²) in [6.45, 7) is 0.973. The Balaban J connectivity index is 1.89. The van der Waals surface area contributed by atoms with Crippen LogP contribution < -0.4 is 0 Å². The topological polar surface area (TPSA) is 49.9 Å². The molecule has 3 aliphatic rings. The maximum Gasteiger partial charge on any atom is 0.329 e. The van der Waals surface area contributed by atoms with E-state index in [-0.39, 0.29) is 22.8 Å². The molecule has 0 aliphatic carbocycles. The molecule has 0 saturated carbocycles. The van der Waals surface area contributed by atoms with Gasteiger partial charge >= 0.3 is 5.97 Å². The Morgan fingerprint density at radius 3 is 2.89 bits per heavy atom. The zero-order valence-corrected chi connectivity index (χ0v) is 12.2. The molecule has 5 nitrogen and oxygen atoms in total. The van der Waals surface area contributed by atoms with E-state index < -0.39 is 6.04 Å². The van der Waals surface area contributed by atoms with Crippen molar-refractivity contribution in [2.24, 2.45) is 0 Å². The van der Waals surface area contributed by atoms with Gasteiger partial charge in [-0.3, -0.25) is 9.69 Å². The lowest BCUT2D eigenvalue weighted by Crippen LogP contribution is -2.62. The predicted molar refractivity (Wildman–Crippen MR) is 72.7 cm³/mol. The fraction of sp³-hybridized carbons (Fsp3) is 0.846. The number of esters is 1. The molecule has 0 aromatic rings. The van der Waals surface area contributed by atoms with E-state index in [1.54, 1.807) is 11.8 Å². The quantitative estimate of drug-likeness (QED) is 0.663. The van der Waals surface area contributed by atoms with Crippen molar-refractivity contribution in [3.63, 3.8) is 0 Å². The number of carbonyl (C=O) groups is 2. The highest BCUT2D eigenvalue weighted by atomic mass is 32.2. The standard InChI is InChI=1S/C13H20N2O3S/c1-14-7-3-5-13(14)6-4-10-15(12(13)17)9(8-19-10)11(16)18-2/h9-10H,3-8H2,1-2H3/t9?,10-,13-/m1/s1. The van der Waals surface area contributed by atoms with Crippen LogP contribution in [0, 0.1) is 0 Å². The van der Waals surface area contributed by atoms with Gasteiger partial charge in [-0.1, -0.05) is 0 Å². The first-order valence-electron chi connectivity index (χ1n) is 6.83. The third-order valence-electron chi connectivity index (χ3n) is 4.82. The van der Waals surface area contributed by atoms with Gasteiger partial charge < -0.3 is 9.64 Å². The predicted octanol–water partition coefficient (Wildman–Crippen LogP) is 0.688. The van der Waals surface area contributed by atoms with E-state index in [1.165, 1.54) is 7.11 Å². The van der Waals surface area contributed by atoms with Crippen LogP contribution in [0.3, 0.4) is 0 Å². The maximum atomic E-state index is 12.9. The normalized spacial score (nSPS) is 38.8. The second-order valence-corrected chi connectivity index (χ2v) is 6.85. The monoisotopic (exact) mass is 284 g/mol. The second-order valence-electron chi connectivity index (χ2n) is 5.63. The molecular weight excluding hydrogens is 264 g/mol. The molecule has 0 bridgehead atoms. The lowest BCUT2D eigenvalue weighted by molar-refractivity contribution is -0.159. The zero-order chi connectivity index (χ0) is 13.6. The van der Waals surface area contributed by atoms with Crippen LogP contribution in [0.1, 0.15) is 25.7 Å². The number of nitrogens with zero attached hydrogens (tertiary/aromatic N) is 2. The molecule has 6 heteroatoms. The van der Waals surface area contributed by atoms with Crippen molar-refractivity contribution in [2.75, 3.05) is 26.5 Å². The summed E-state index contributed by atoms with van der Waals surface area (Å²) >= 11 is 1.71. The number of carbonyl (C=O) groups excluding carboxylic acids is 2. The Hall–Kier alpha value is -0.750. The zero-order valence-electron chi connectivity index (χ0n) is 11.4. The SMILES string of the molecule is COC(=O)C1CS[C@@H]2CC[C@]3(CCCN3C)C(=O)N12. The summed E-state index contributed by atoms with van der Waals surface area (Å²) in [5, 5.41) is 0.163. The summed E-state index contributed by atoms with van der Waals surface area (Å²) < 4.78 is 4.85. The van der Waals surface area contributed by atoms with Crippen LogP contribution in [0.25, 0.3) is 0 Å². The first kappa shape index (κ1) is 13.2. The molecule has 3 saturated heterocycles. The fourth-order valence-corrected chi connectivity index (χ4v) is 5.07. The van der Waals surface area contributed by atoms with Crippen molar-refractivity contribution in [3.8, 4) is 0 Å². The summed E-state index contributed by atoms with van der Waals surface area (Å²) in [6, 6.07) is -0.390. The molecule has 3 heterocycles. The number of methoxy groups -OCH3 is 1. The average molecular weight is 284 g/mol. The van der Waals surface area contributed by atoms with Crippen molar-refractivity contribution in [1.29, 1.82) is 0 Å². The fourth-order valence-electron chi connectivity index (χ4n) is 3.69. The number of ether oxygens (including phenoxy) is 1. The van der Waals surface area contributed by atoms with Gasteiger partial charge in [0.2, 0.25) is 5.91 Å². The summed E-state index contributed by atoms with van der Waals surface area (Å²) in [6.07, 6.45) is 3.89. The molecule has 1 amide bonds. The van der Waals surface area contributed by atoms with E-state index in [4.69, 9.17) is 4.74 Å². The first-order valence-corrected chi connectivity index (χ1v) is 7.88. The molecule has 0 aromatic carbocycles. The van der Waals surface area contributed by atoms with Gasteiger partial charge in [0.05, 0.1) is 12.5 Å². The van der Waals surface area contributed by atoms with E-state index in [0.717, 1.165) is 32.2 Å². The van der Waals surface area contributed by atoms with Crippen LogP contribution in [-0.2, 0) is 14.3 Å². The van der Waals surface area contributed by atoms with Crippen LogP contribution in [0.2, 0.25) is 0 Å². The van der Waals surface area contributed by atoms with E-state index in [9.17, 15) is 9.59 Å². The Kier molecular flexibility index (Phi) is 3.25. The highest BCUT2D eigenvalue weighted by molar-refractivity contribution is 8.00. The number of amides is 1. The molecule has 19 heavy (non-hydrogen) atoms. The molecule has 0 aromatic heterocycles. The van der Waals surface area contributed by atoms with Crippen molar-refractivity contribution in [2.45, 2.75) is 42.6 Å². The van der Waals surface area contributed by atoms with Crippen LogP contribution in [0.5, 0.6) is 0 Å². The van der Waals surface area contributed by atoms with E-state index >= 15 is 0 Å². The molecule has 106 valence electrons. The minimum atomic E-state index is -0.390. The van der Waals surface area contributed by atoms with E-state index in [0.29, 0.717) is 5.75 Å². The summed E-state index contributed by atoms with van der Waals surface area (Å²) in [7, 11) is 3.42. The molecule has 3 aliphatic heterocycles. The van der Waals surface area contributed by atoms with Crippen molar-refractivity contribution >= 4 is 23.6 Å². The minimum Gasteiger partial charge on any atom is -0.467 e. The molecule has 0 radical (unpaired) electrons. The Morgan fingerprint density at radius 2 is 2.26 bits per heavy atom. The molecule has 1 spiro atoms. The molecule has 3 atom stereocenters. The number of piperidine rings is 1. The lowest BCUT2D eigenvalue weighted by Gasteiger charge is -2.45. The number of fused-ring (bicyclic) bond motifs is 1. The average Bonchev–Trinajstić information content (AvgIpc) is 2.99. The van der Waals surface area contributed by atoms with Gasteiger partial charge in [-0.25, -0.2) is 4.79 Å². The van der Waals surface area contributed by atoms with Crippen LogP contribution in [-0.4, -0.2) is 65.1 Å². The molecule has 1 unspecified atom stereocenters. The van der Waals surface area contributed by atoms with E-state index in [1.807, 2.05) is 11.9 Å². The van der Waals surface area contributed by atoms with Crippen LogP contribution in [0.4, 0.5) is 0 Å². The Morgan fingerprint density at radius 1 is 1.47 bits per heavy atom. The smallest absolute Gasteiger partial charge is 0.329 e. The highest BCUT2D eigenvalue weighted by Crippen LogP contribution is 2.45. The van der Waals surface area contributed by atoms with E-state index in [2.05, 4.69) is 4.90 Å². The van der Waals surface area contributed by atoms with Gasteiger partial charge in [0.25, 0.3) is 0 Å². The second kappa shape index (κ2) is 4.66. The number of thioether (sulfide) groups is 1. The third kappa shape index (κ3) is 1.80. The number of rotatable bonds is 1. The van der Waals surface area contributed by atoms with Crippen molar-refractivity contribution < 1.29 is 14.3 Å². The minimum absolute atomic E-state index is 0.143. The Labute approximate surface area is 117 Å². The largest absolute Gasteiger partial charge is 0.467 e. The van der Waals surface area contributed by atoms with Gasteiger partial charge in [0, 0.05) is 5.75 Å². The number of hydrogen-bond donors (Lipinski definition) is 0. The molecule has 0 N–H and O–H groups in total. The van der Waals surface area contributed by atoms with Gasteiger partial charge in [0.15, 0.2) is 0 Å². The number of likely N-dealkylation sites (tertiary alicyclic amines) is 1. The summed E-state index contributed by atoms with van der Waals surface area (Å²) in [4.78, 5) is 28.8. The summed E-state index contributed by atoms with van der Waals surface area (Å²) in [5.41, 5.74) is -0.354. The molecular formula is C13H20N2O3S. The molecule has 3 rings (SSSR count). The number of hydrogen-bond acceptors (Lipinski definition) is 5. The van der Waals surface area contributed by atoms with Crippen molar-refractivity contribution in [1.82, 2.24) is 9.80 Å². The summed E-state index contributed by atoms with van der Waals surface area (Å²) in [5.74, 6) is 0.535. The number of likely N-dealkylation sites (N-methyl/N-ethyl adjacent to an activating group) is 1. The van der Waals surface area contributed by atoms with Gasteiger partial charge in [-0.2, -0.15) is 0 Å².